The van der Waals surface area contributed by atoms with E-state index in [1.807, 2.05) is 0 Å². The van der Waals surface area contributed by atoms with Crippen LogP contribution in [-0.2, 0) is 0 Å². The summed E-state index contributed by atoms with van der Waals surface area (Å²) in [6, 6.07) is 0. The molecule has 0 amide bonds. The highest BCUT2D eigenvalue weighted by molar-refractivity contribution is 6.28. The maximum absolute atomic E-state index is 11.8. The van der Waals surface area contributed by atoms with Crippen LogP contribution in [-0.4, -0.2) is 18.5 Å². The third kappa shape index (κ3) is 2.40. The topological polar surface area (TPSA) is 0 Å². The highest BCUT2D eigenvalue weighted by atomic mass is 35.5. The van der Waals surface area contributed by atoms with Crippen LogP contribution >= 0.6 is 11.6 Å². The molecule has 73 valence electrons. The van der Waals surface area contributed by atoms with Crippen LogP contribution in [0.25, 0.3) is 0 Å². The number of alkyl halides is 7. The van der Waals surface area contributed by atoms with Gasteiger partial charge in [-0.1, -0.05) is 11.6 Å². The van der Waals surface area contributed by atoms with Gasteiger partial charge in [-0.25, -0.2) is 8.78 Å². The summed E-state index contributed by atoms with van der Waals surface area (Å²) in [6.45, 7) is 0. The average Bonchev–Trinajstić information content (AvgIpc) is 1.83. The second-order valence-electron chi connectivity index (χ2n) is 1.74. The molecule has 0 aliphatic rings. The van der Waals surface area contributed by atoms with Gasteiger partial charge in [0.25, 0.3) is 0 Å². The molecule has 0 unspecified atom stereocenters. The summed E-state index contributed by atoms with van der Waals surface area (Å²) >= 11 is 4.01. The van der Waals surface area contributed by atoms with Crippen molar-refractivity contribution in [3.63, 3.8) is 0 Å². The van der Waals surface area contributed by atoms with E-state index in [0.29, 0.717) is 0 Å². The van der Waals surface area contributed by atoms with E-state index in [4.69, 9.17) is 0 Å². The minimum atomic E-state index is -5.62. The minimum Gasteiger partial charge on any atom is -0.203 e. The zero-order valence-electron chi connectivity index (χ0n) is 5.10. The Balaban J connectivity index is 4.57. The molecule has 0 rings (SSSR count). The first kappa shape index (κ1) is 11.8. The molecule has 8 heteroatoms. The van der Waals surface area contributed by atoms with Gasteiger partial charge in [0.05, 0.1) is 0 Å². The van der Waals surface area contributed by atoms with Crippen LogP contribution in [0.15, 0.2) is 0 Å². The van der Waals surface area contributed by atoms with Crippen molar-refractivity contribution in [3.05, 3.63) is 5.38 Å². The summed E-state index contributed by atoms with van der Waals surface area (Å²) in [6.07, 6.45) is -10.1. The van der Waals surface area contributed by atoms with Gasteiger partial charge in [0.15, 0.2) is 0 Å². The van der Waals surface area contributed by atoms with Crippen LogP contribution < -0.4 is 0 Å². The lowest BCUT2D eigenvalue weighted by molar-refractivity contribution is -0.182. The second kappa shape index (κ2) is 3.27. The Morgan fingerprint density at radius 2 is 1.33 bits per heavy atom. The molecule has 0 aromatic rings. The maximum atomic E-state index is 11.8. The van der Waals surface area contributed by atoms with E-state index in [0.717, 1.165) is 0 Å². The molecule has 0 saturated heterocycles. The summed E-state index contributed by atoms with van der Waals surface area (Å²) in [7, 11) is 0. The van der Waals surface area contributed by atoms with Gasteiger partial charge < -0.3 is 0 Å². The van der Waals surface area contributed by atoms with Gasteiger partial charge in [0, 0.05) is 0 Å². The normalized spacial score (nSPS) is 14.5. The molecule has 0 N–H and O–H groups in total. The largest absolute Gasteiger partial charge is 0.416 e. The van der Waals surface area contributed by atoms with Crippen LogP contribution in [0, 0.1) is 5.38 Å². The van der Waals surface area contributed by atoms with E-state index < -0.39 is 23.9 Å². The van der Waals surface area contributed by atoms with Gasteiger partial charge in [-0.3, -0.25) is 0 Å². The zero-order chi connectivity index (χ0) is 10.2. The third-order valence-corrected chi connectivity index (χ3v) is 1.28. The summed E-state index contributed by atoms with van der Waals surface area (Å²) < 4.78 is 80.0. The molecule has 12 heavy (non-hydrogen) atoms. The summed E-state index contributed by atoms with van der Waals surface area (Å²) in [4.78, 5) is 0. The first-order chi connectivity index (χ1) is 5.10. The lowest BCUT2D eigenvalue weighted by Gasteiger charge is -2.21. The fourth-order valence-electron chi connectivity index (χ4n) is 0.285. The first-order valence-corrected chi connectivity index (χ1v) is 2.74. The number of rotatable bonds is 2. The van der Waals surface area contributed by atoms with E-state index >= 15 is 0 Å². The first-order valence-electron chi connectivity index (χ1n) is 2.36. The Morgan fingerprint density at radius 1 is 1.00 bits per heavy atom. The Morgan fingerprint density at radius 3 is 1.42 bits per heavy atom. The van der Waals surface area contributed by atoms with Gasteiger partial charge in [-0.2, -0.15) is 22.0 Å². The van der Waals surface area contributed by atoms with Crippen molar-refractivity contribution in [2.75, 3.05) is 0 Å². The third-order valence-electron chi connectivity index (χ3n) is 0.816. The van der Waals surface area contributed by atoms with Crippen LogP contribution in [0.1, 0.15) is 0 Å². The van der Waals surface area contributed by atoms with Gasteiger partial charge in [0.2, 0.25) is 5.38 Å². The van der Waals surface area contributed by atoms with Crippen LogP contribution in [0.5, 0.6) is 0 Å². The molecule has 0 nitrogen and oxygen atoms in total. The van der Waals surface area contributed by atoms with E-state index in [1.54, 1.807) is 0 Å². The lowest BCUT2D eigenvalue weighted by Crippen LogP contribution is -2.39. The quantitative estimate of drug-likeness (QED) is 0.623. The van der Waals surface area contributed by atoms with Crippen molar-refractivity contribution in [1.82, 2.24) is 0 Å². The molecule has 0 saturated carbocycles. The summed E-state index contributed by atoms with van der Waals surface area (Å²) in [5, 5.41) is -3.01. The van der Waals surface area contributed by atoms with E-state index in [9.17, 15) is 30.7 Å². The standard InChI is InChI=1S/C4HClF7/c5-1(4(10,11)12)3(8,9)2(6)7/h2H. The molecule has 0 aliphatic carbocycles. The molecular formula is C4HClF7. The fraction of sp³-hybridized carbons (Fsp3) is 0.750. The zero-order valence-corrected chi connectivity index (χ0v) is 5.86. The van der Waals surface area contributed by atoms with Crippen molar-refractivity contribution in [2.24, 2.45) is 0 Å². The Hall–Kier alpha value is -0.200. The van der Waals surface area contributed by atoms with E-state index in [1.165, 1.54) is 0 Å². The predicted octanol–water partition coefficient (Wildman–Crippen LogP) is 3.22. The molecule has 0 aromatic carbocycles. The molecule has 1 radical (unpaired) electrons. The average molecular weight is 217 g/mol. The van der Waals surface area contributed by atoms with E-state index in [-0.39, 0.29) is 0 Å². The minimum absolute atomic E-state index is 3.01. The van der Waals surface area contributed by atoms with Gasteiger partial charge in [0.1, 0.15) is 0 Å². The van der Waals surface area contributed by atoms with Crippen molar-refractivity contribution in [3.8, 4) is 0 Å². The van der Waals surface area contributed by atoms with Crippen molar-refractivity contribution < 1.29 is 30.7 Å². The SMILES string of the molecule is FC(F)C(F)(F)[C](Cl)C(F)(F)F. The summed E-state index contributed by atoms with van der Waals surface area (Å²) in [5.41, 5.74) is 0. The van der Waals surface area contributed by atoms with Gasteiger partial charge in [-0.15, -0.1) is 0 Å². The molecular weight excluding hydrogens is 216 g/mol. The number of hydrogen-bond acceptors (Lipinski definition) is 0. The van der Waals surface area contributed by atoms with Crippen LogP contribution in [0.2, 0.25) is 0 Å². The highest BCUT2D eigenvalue weighted by Crippen LogP contribution is 2.45. The lowest BCUT2D eigenvalue weighted by atomic mass is 10.2. The number of halogens is 8. The second-order valence-corrected chi connectivity index (χ2v) is 2.11. The predicted molar refractivity (Wildman–Crippen MR) is 26.1 cm³/mol. The Bertz CT molecular complexity index is 150. The molecule has 0 atom stereocenters. The Labute approximate surface area is 67.3 Å². The van der Waals surface area contributed by atoms with E-state index in [2.05, 4.69) is 11.6 Å². The van der Waals surface area contributed by atoms with Crippen molar-refractivity contribution >= 4 is 11.6 Å². The molecule has 0 aromatic heterocycles. The van der Waals surface area contributed by atoms with Crippen LogP contribution in [0.4, 0.5) is 30.7 Å². The summed E-state index contributed by atoms with van der Waals surface area (Å²) in [5.74, 6) is -5.33. The van der Waals surface area contributed by atoms with Crippen LogP contribution in [0.3, 0.4) is 0 Å². The highest BCUT2D eigenvalue weighted by Gasteiger charge is 2.61. The van der Waals surface area contributed by atoms with Gasteiger partial charge in [-0.05, 0) is 0 Å². The maximum Gasteiger partial charge on any atom is 0.416 e. The molecule has 0 spiro atoms. The molecule has 0 aliphatic heterocycles. The molecule has 0 bridgehead atoms. The monoisotopic (exact) mass is 217 g/mol. The number of hydrogen-bond donors (Lipinski definition) is 0. The smallest absolute Gasteiger partial charge is 0.203 e. The van der Waals surface area contributed by atoms with Crippen molar-refractivity contribution in [1.29, 1.82) is 0 Å². The van der Waals surface area contributed by atoms with Crippen molar-refractivity contribution in [2.45, 2.75) is 18.5 Å². The fourth-order valence-corrected chi connectivity index (χ4v) is 0.367. The Kier molecular flexibility index (Phi) is 3.22. The van der Waals surface area contributed by atoms with Gasteiger partial charge >= 0.3 is 18.5 Å². The molecule has 0 fully saturated rings. The molecule has 0 heterocycles.